The Morgan fingerprint density at radius 2 is 0.844 bits per heavy atom. The summed E-state index contributed by atoms with van der Waals surface area (Å²) in [7, 11) is 0. The van der Waals surface area contributed by atoms with Gasteiger partial charge in [-0.25, -0.2) is 0 Å². The molecule has 0 spiro atoms. The van der Waals surface area contributed by atoms with Gasteiger partial charge in [-0.15, -0.1) is 0 Å². The second kappa shape index (κ2) is 25.8. The smallest absolute Gasteiger partial charge is 0.147 e. The zero-order valence-corrected chi connectivity index (χ0v) is 36.3. The third-order valence-corrected chi connectivity index (χ3v) is 11.2. The standard InChI is InChI=1S/C35H50Br6O4/c1-3-5-7-9-11-13-15-42-28(22-36)24-44-34-30(38)18-26(19-31(34)39)17-27-20-32(40)35(33(41)21-27)45-25-29(23-37)43-16-14-12-10-8-6-4-2/h18-21,28-29H,3-17,22-25H2,1-2H3. The molecule has 0 aliphatic heterocycles. The van der Waals surface area contributed by atoms with Crippen LogP contribution in [-0.4, -0.2) is 49.3 Å². The lowest BCUT2D eigenvalue weighted by molar-refractivity contribution is 0.0335. The van der Waals surface area contributed by atoms with Crippen molar-refractivity contribution < 1.29 is 18.9 Å². The number of hydrogen-bond donors (Lipinski definition) is 0. The zero-order valence-electron chi connectivity index (χ0n) is 26.8. The summed E-state index contributed by atoms with van der Waals surface area (Å²) >= 11 is 22.1. The van der Waals surface area contributed by atoms with Gasteiger partial charge in [-0.2, -0.15) is 0 Å². The molecule has 10 heteroatoms. The highest BCUT2D eigenvalue weighted by molar-refractivity contribution is 9.11. The van der Waals surface area contributed by atoms with E-state index in [1.54, 1.807) is 0 Å². The number of hydrogen-bond acceptors (Lipinski definition) is 4. The number of unbranched alkanes of at least 4 members (excludes halogenated alkanes) is 10. The molecule has 0 aliphatic rings. The van der Waals surface area contributed by atoms with Gasteiger partial charge in [0.05, 0.1) is 17.9 Å². The predicted molar refractivity (Wildman–Crippen MR) is 211 cm³/mol. The summed E-state index contributed by atoms with van der Waals surface area (Å²) in [5.74, 6) is 1.58. The maximum atomic E-state index is 6.20. The summed E-state index contributed by atoms with van der Waals surface area (Å²) in [6, 6.07) is 8.48. The van der Waals surface area contributed by atoms with E-state index in [1.807, 2.05) is 0 Å². The average Bonchev–Trinajstić information content (AvgIpc) is 3.01. The highest BCUT2D eigenvalue weighted by Crippen LogP contribution is 2.38. The number of rotatable bonds is 26. The van der Waals surface area contributed by atoms with Crippen LogP contribution in [0.5, 0.6) is 11.5 Å². The number of halogens is 6. The SMILES string of the molecule is CCCCCCCCOC(CBr)COc1c(Br)cc(Cc2cc(Br)c(OCC(CBr)OCCCCCCCC)c(Br)c2)cc1Br. The molecule has 0 heterocycles. The van der Waals surface area contributed by atoms with E-state index < -0.39 is 0 Å². The summed E-state index contributed by atoms with van der Waals surface area (Å²) in [6.07, 6.45) is 15.8. The van der Waals surface area contributed by atoms with Gasteiger partial charge in [-0.1, -0.05) is 110 Å². The molecule has 0 radical (unpaired) electrons. The van der Waals surface area contributed by atoms with Crippen molar-refractivity contribution in [2.45, 2.75) is 110 Å². The van der Waals surface area contributed by atoms with Crippen LogP contribution >= 0.6 is 95.6 Å². The van der Waals surface area contributed by atoms with Crippen LogP contribution in [0.15, 0.2) is 42.2 Å². The van der Waals surface area contributed by atoms with Crippen molar-refractivity contribution in [1.29, 1.82) is 0 Å². The third-order valence-electron chi connectivity index (χ3n) is 7.40. The van der Waals surface area contributed by atoms with Gasteiger partial charge in [0.2, 0.25) is 0 Å². The summed E-state index contributed by atoms with van der Waals surface area (Å²) in [5, 5.41) is 1.48. The van der Waals surface area contributed by atoms with Gasteiger partial charge in [0.25, 0.3) is 0 Å². The average molecular weight is 1010 g/mol. The Hall–Kier alpha value is 0.840. The molecule has 2 aromatic carbocycles. The molecule has 2 aromatic rings. The van der Waals surface area contributed by atoms with Crippen molar-refractivity contribution in [2.75, 3.05) is 37.1 Å². The first-order valence-corrected chi connectivity index (χ1v) is 21.8. The molecule has 2 atom stereocenters. The molecule has 45 heavy (non-hydrogen) atoms. The summed E-state index contributed by atoms with van der Waals surface area (Å²) in [4.78, 5) is 0. The van der Waals surface area contributed by atoms with Crippen molar-refractivity contribution >= 4 is 95.6 Å². The van der Waals surface area contributed by atoms with Gasteiger partial charge >= 0.3 is 0 Å². The highest BCUT2D eigenvalue weighted by atomic mass is 79.9. The van der Waals surface area contributed by atoms with E-state index in [4.69, 9.17) is 18.9 Å². The van der Waals surface area contributed by atoms with E-state index in [1.165, 1.54) is 64.2 Å². The summed E-state index contributed by atoms with van der Waals surface area (Å²) in [6.45, 7) is 7.00. The van der Waals surface area contributed by atoms with Crippen LogP contribution in [0, 0.1) is 0 Å². The Bertz CT molecular complexity index is 957. The van der Waals surface area contributed by atoms with Crippen LogP contribution in [0.3, 0.4) is 0 Å². The lowest BCUT2D eigenvalue weighted by Crippen LogP contribution is -2.24. The Morgan fingerprint density at radius 1 is 0.511 bits per heavy atom. The fraction of sp³-hybridized carbons (Fsp3) is 0.657. The largest absolute Gasteiger partial charge is 0.488 e. The lowest BCUT2D eigenvalue weighted by atomic mass is 10.0. The van der Waals surface area contributed by atoms with Gasteiger partial charge in [-0.3, -0.25) is 0 Å². The van der Waals surface area contributed by atoms with Crippen LogP contribution in [0.2, 0.25) is 0 Å². The van der Waals surface area contributed by atoms with E-state index in [0.29, 0.717) is 13.2 Å². The van der Waals surface area contributed by atoms with Gasteiger partial charge in [0.15, 0.2) is 0 Å². The molecule has 2 unspecified atom stereocenters. The molecule has 0 fully saturated rings. The van der Waals surface area contributed by atoms with Crippen LogP contribution in [0.1, 0.15) is 102 Å². The second-order valence-corrected chi connectivity index (χ2v) is 16.1. The maximum absolute atomic E-state index is 6.20. The highest BCUT2D eigenvalue weighted by Gasteiger charge is 2.16. The summed E-state index contributed by atoms with van der Waals surface area (Å²) in [5.41, 5.74) is 2.32. The van der Waals surface area contributed by atoms with E-state index in [-0.39, 0.29) is 12.2 Å². The van der Waals surface area contributed by atoms with Crippen LogP contribution in [0.4, 0.5) is 0 Å². The zero-order chi connectivity index (χ0) is 32.9. The second-order valence-electron chi connectivity index (χ2n) is 11.4. The van der Waals surface area contributed by atoms with E-state index in [0.717, 1.165) is 83.7 Å². The molecule has 2 rings (SSSR count). The lowest BCUT2D eigenvalue weighted by Gasteiger charge is -2.19. The third kappa shape index (κ3) is 17.4. The first-order valence-electron chi connectivity index (χ1n) is 16.4. The Kier molecular flexibility index (Phi) is 24.0. The molecule has 4 nitrogen and oxygen atoms in total. The fourth-order valence-electron chi connectivity index (χ4n) is 4.83. The first-order chi connectivity index (χ1) is 21.8. The van der Waals surface area contributed by atoms with Gasteiger partial charge in [0.1, 0.15) is 36.9 Å². The molecule has 0 saturated heterocycles. The van der Waals surface area contributed by atoms with Crippen molar-refractivity contribution in [2.24, 2.45) is 0 Å². The Balaban J connectivity index is 1.87. The number of ether oxygens (including phenoxy) is 4. The van der Waals surface area contributed by atoms with Crippen LogP contribution in [0.25, 0.3) is 0 Å². The molecule has 0 saturated carbocycles. The van der Waals surface area contributed by atoms with E-state index in [9.17, 15) is 0 Å². The van der Waals surface area contributed by atoms with Gasteiger partial charge < -0.3 is 18.9 Å². The normalized spacial score (nSPS) is 12.8. The number of benzene rings is 2. The van der Waals surface area contributed by atoms with Gasteiger partial charge in [-0.05, 0) is 118 Å². The van der Waals surface area contributed by atoms with Crippen molar-refractivity contribution in [3.05, 3.63) is 53.3 Å². The van der Waals surface area contributed by atoms with Crippen LogP contribution < -0.4 is 9.47 Å². The number of alkyl halides is 2. The minimum Gasteiger partial charge on any atom is -0.488 e. The molecule has 0 bridgehead atoms. The Morgan fingerprint density at radius 3 is 1.18 bits per heavy atom. The van der Waals surface area contributed by atoms with Gasteiger partial charge in [0, 0.05) is 23.9 Å². The van der Waals surface area contributed by atoms with Crippen molar-refractivity contribution in [3.63, 3.8) is 0 Å². The predicted octanol–water partition coefficient (Wildman–Crippen LogP) is 13.4. The van der Waals surface area contributed by atoms with Crippen LogP contribution in [-0.2, 0) is 15.9 Å². The van der Waals surface area contributed by atoms with Crippen molar-refractivity contribution in [1.82, 2.24) is 0 Å². The molecule has 0 aromatic heterocycles. The molecular weight excluding hydrogens is 964 g/mol. The minimum absolute atomic E-state index is 0.00578. The first kappa shape index (κ1) is 42.0. The van der Waals surface area contributed by atoms with Crippen molar-refractivity contribution in [3.8, 4) is 11.5 Å². The quantitative estimate of drug-likeness (QED) is 0.0695. The summed E-state index contributed by atoms with van der Waals surface area (Å²) < 4.78 is 28.2. The molecular formula is C35H50Br6O4. The molecule has 0 N–H and O–H groups in total. The minimum atomic E-state index is 0.00578. The molecule has 0 amide bonds. The topological polar surface area (TPSA) is 36.9 Å². The van der Waals surface area contributed by atoms with E-state index in [2.05, 4.69) is 134 Å². The maximum Gasteiger partial charge on any atom is 0.147 e. The Labute approximate surface area is 323 Å². The molecule has 256 valence electrons. The molecule has 0 aliphatic carbocycles. The fourth-order valence-corrected chi connectivity index (χ4v) is 8.60. The van der Waals surface area contributed by atoms with E-state index >= 15 is 0 Å². The monoisotopic (exact) mass is 1010 g/mol.